The SMILES string of the molecule is O=C(Nc1n[nH]c2ccccc12)c1cccc2ccccc12. The Bertz CT molecular complexity index is 982. The normalized spacial score (nSPS) is 10.9. The molecule has 0 atom stereocenters. The van der Waals surface area contributed by atoms with E-state index in [0.717, 1.165) is 21.7 Å². The molecule has 0 aliphatic carbocycles. The molecule has 2 N–H and O–H groups in total. The number of para-hydroxylation sites is 1. The zero-order valence-corrected chi connectivity index (χ0v) is 11.7. The van der Waals surface area contributed by atoms with Gasteiger partial charge in [-0.1, -0.05) is 48.5 Å². The fourth-order valence-corrected chi connectivity index (χ4v) is 2.66. The molecule has 0 unspecified atom stereocenters. The summed E-state index contributed by atoms with van der Waals surface area (Å²) < 4.78 is 0. The number of hydrogen-bond donors (Lipinski definition) is 2. The minimum absolute atomic E-state index is 0.158. The van der Waals surface area contributed by atoms with Crippen LogP contribution in [0, 0.1) is 0 Å². The molecule has 0 bridgehead atoms. The van der Waals surface area contributed by atoms with Crippen LogP contribution in [0.25, 0.3) is 21.7 Å². The van der Waals surface area contributed by atoms with Crippen LogP contribution in [-0.2, 0) is 0 Å². The fraction of sp³-hybridized carbons (Fsp3) is 0. The number of hydrogen-bond acceptors (Lipinski definition) is 2. The van der Waals surface area contributed by atoms with E-state index in [1.807, 2.05) is 66.7 Å². The van der Waals surface area contributed by atoms with Crippen LogP contribution < -0.4 is 5.32 Å². The second kappa shape index (κ2) is 5.00. The van der Waals surface area contributed by atoms with E-state index in [4.69, 9.17) is 0 Å². The Kier molecular flexibility index (Phi) is 2.86. The van der Waals surface area contributed by atoms with Gasteiger partial charge in [-0.15, -0.1) is 0 Å². The average Bonchev–Trinajstić information content (AvgIpc) is 2.97. The zero-order valence-electron chi connectivity index (χ0n) is 11.7. The van der Waals surface area contributed by atoms with Crippen molar-refractivity contribution >= 4 is 33.4 Å². The number of nitrogens with one attached hydrogen (secondary N) is 2. The summed E-state index contributed by atoms with van der Waals surface area (Å²) in [5, 5.41) is 12.9. The zero-order chi connectivity index (χ0) is 14.9. The highest BCUT2D eigenvalue weighted by Gasteiger charge is 2.13. The van der Waals surface area contributed by atoms with Crippen molar-refractivity contribution in [2.24, 2.45) is 0 Å². The Balaban J connectivity index is 1.75. The third-order valence-electron chi connectivity index (χ3n) is 3.74. The Morgan fingerprint density at radius 2 is 1.59 bits per heavy atom. The Labute approximate surface area is 126 Å². The Hall–Kier alpha value is -3.14. The number of amides is 1. The molecule has 106 valence electrons. The summed E-state index contributed by atoms with van der Waals surface area (Å²) in [7, 11) is 0. The van der Waals surface area contributed by atoms with E-state index in [1.54, 1.807) is 0 Å². The third-order valence-corrected chi connectivity index (χ3v) is 3.74. The maximum absolute atomic E-state index is 12.6. The van der Waals surface area contributed by atoms with Gasteiger partial charge in [0, 0.05) is 10.9 Å². The highest BCUT2D eigenvalue weighted by atomic mass is 16.1. The van der Waals surface area contributed by atoms with Gasteiger partial charge in [0.2, 0.25) is 0 Å². The lowest BCUT2D eigenvalue weighted by Gasteiger charge is -2.06. The Morgan fingerprint density at radius 1 is 0.864 bits per heavy atom. The highest BCUT2D eigenvalue weighted by molar-refractivity contribution is 6.14. The van der Waals surface area contributed by atoms with Crippen molar-refractivity contribution in [2.45, 2.75) is 0 Å². The standard InChI is InChI=1S/C18H13N3O/c22-18(14-10-5-7-12-6-1-2-8-13(12)14)19-17-15-9-3-4-11-16(15)20-21-17/h1-11H,(H2,19,20,21,22). The number of carbonyl (C=O) groups excluding carboxylic acids is 1. The maximum atomic E-state index is 12.6. The lowest BCUT2D eigenvalue weighted by atomic mass is 10.0. The van der Waals surface area contributed by atoms with Gasteiger partial charge in [-0.25, -0.2) is 0 Å². The van der Waals surface area contributed by atoms with Crippen molar-refractivity contribution < 1.29 is 4.79 Å². The van der Waals surface area contributed by atoms with E-state index in [2.05, 4.69) is 15.5 Å². The summed E-state index contributed by atoms with van der Waals surface area (Å²) in [5.74, 6) is 0.391. The van der Waals surface area contributed by atoms with Crippen LogP contribution in [0.15, 0.2) is 66.7 Å². The first-order valence-electron chi connectivity index (χ1n) is 7.05. The van der Waals surface area contributed by atoms with Gasteiger partial charge in [-0.05, 0) is 29.0 Å². The first-order chi connectivity index (χ1) is 10.8. The number of H-pyrrole nitrogens is 1. The molecule has 0 aliphatic heterocycles. The van der Waals surface area contributed by atoms with Crippen molar-refractivity contribution in [3.63, 3.8) is 0 Å². The third kappa shape index (κ3) is 2.02. The number of nitrogens with zero attached hydrogens (tertiary/aromatic N) is 1. The maximum Gasteiger partial charge on any atom is 0.257 e. The lowest BCUT2D eigenvalue weighted by Crippen LogP contribution is -2.12. The molecule has 4 aromatic rings. The number of aromatic nitrogens is 2. The van der Waals surface area contributed by atoms with Crippen LogP contribution in [0.1, 0.15) is 10.4 Å². The lowest BCUT2D eigenvalue weighted by molar-refractivity contribution is 0.102. The second-order valence-electron chi connectivity index (χ2n) is 5.10. The summed E-state index contributed by atoms with van der Waals surface area (Å²) in [6, 6.07) is 21.3. The molecule has 4 heteroatoms. The van der Waals surface area contributed by atoms with Crippen molar-refractivity contribution in [3.8, 4) is 0 Å². The largest absolute Gasteiger partial charge is 0.305 e. The van der Waals surface area contributed by atoms with E-state index in [1.165, 1.54) is 0 Å². The second-order valence-corrected chi connectivity index (χ2v) is 5.10. The van der Waals surface area contributed by atoms with Gasteiger partial charge in [0.1, 0.15) is 0 Å². The molecule has 0 spiro atoms. The first-order valence-corrected chi connectivity index (χ1v) is 7.05. The molecule has 0 fully saturated rings. The monoisotopic (exact) mass is 287 g/mol. The molecular weight excluding hydrogens is 274 g/mol. The van der Waals surface area contributed by atoms with E-state index in [-0.39, 0.29) is 5.91 Å². The number of fused-ring (bicyclic) bond motifs is 2. The number of rotatable bonds is 2. The molecule has 22 heavy (non-hydrogen) atoms. The fourth-order valence-electron chi connectivity index (χ4n) is 2.66. The van der Waals surface area contributed by atoms with Crippen LogP contribution in [0.5, 0.6) is 0 Å². The topological polar surface area (TPSA) is 57.8 Å². The molecule has 3 aromatic carbocycles. The van der Waals surface area contributed by atoms with E-state index >= 15 is 0 Å². The van der Waals surface area contributed by atoms with Crippen LogP contribution in [-0.4, -0.2) is 16.1 Å². The van der Waals surface area contributed by atoms with Gasteiger partial charge in [0.15, 0.2) is 5.82 Å². The first kappa shape index (κ1) is 12.6. The van der Waals surface area contributed by atoms with Crippen molar-refractivity contribution in [1.29, 1.82) is 0 Å². The predicted molar refractivity (Wildman–Crippen MR) is 88.0 cm³/mol. The van der Waals surface area contributed by atoms with E-state index < -0.39 is 0 Å². The average molecular weight is 287 g/mol. The van der Waals surface area contributed by atoms with Crippen LogP contribution in [0.3, 0.4) is 0 Å². The van der Waals surface area contributed by atoms with Crippen molar-refractivity contribution in [2.75, 3.05) is 5.32 Å². The number of benzene rings is 3. The van der Waals surface area contributed by atoms with Gasteiger partial charge < -0.3 is 5.32 Å². The quantitative estimate of drug-likeness (QED) is 0.586. The smallest absolute Gasteiger partial charge is 0.257 e. The summed E-state index contributed by atoms with van der Waals surface area (Å²) >= 11 is 0. The van der Waals surface area contributed by atoms with Gasteiger partial charge in [-0.2, -0.15) is 5.10 Å². The van der Waals surface area contributed by atoms with Gasteiger partial charge in [0.05, 0.1) is 5.52 Å². The molecule has 4 nitrogen and oxygen atoms in total. The molecule has 0 radical (unpaired) electrons. The number of carbonyl (C=O) groups is 1. The summed E-state index contributed by atoms with van der Waals surface area (Å²) in [6.07, 6.45) is 0. The van der Waals surface area contributed by atoms with Gasteiger partial charge in [0.25, 0.3) is 5.91 Å². The molecular formula is C18H13N3O. The minimum Gasteiger partial charge on any atom is -0.305 e. The molecule has 1 aromatic heterocycles. The van der Waals surface area contributed by atoms with Gasteiger partial charge >= 0.3 is 0 Å². The number of aromatic amines is 1. The van der Waals surface area contributed by atoms with Gasteiger partial charge in [-0.3, -0.25) is 9.89 Å². The molecule has 1 heterocycles. The molecule has 0 aliphatic rings. The van der Waals surface area contributed by atoms with Crippen LogP contribution in [0.2, 0.25) is 0 Å². The Morgan fingerprint density at radius 3 is 2.50 bits per heavy atom. The molecule has 0 saturated carbocycles. The molecule has 4 rings (SSSR count). The van der Waals surface area contributed by atoms with Crippen LogP contribution >= 0.6 is 0 Å². The number of anilines is 1. The van der Waals surface area contributed by atoms with E-state index in [9.17, 15) is 4.79 Å². The van der Waals surface area contributed by atoms with Crippen molar-refractivity contribution in [3.05, 3.63) is 72.3 Å². The summed E-state index contributed by atoms with van der Waals surface area (Å²) in [6.45, 7) is 0. The summed E-state index contributed by atoms with van der Waals surface area (Å²) in [4.78, 5) is 12.6. The minimum atomic E-state index is -0.158. The van der Waals surface area contributed by atoms with Crippen molar-refractivity contribution in [1.82, 2.24) is 10.2 Å². The van der Waals surface area contributed by atoms with Crippen LogP contribution in [0.4, 0.5) is 5.82 Å². The molecule has 0 saturated heterocycles. The summed E-state index contributed by atoms with van der Waals surface area (Å²) in [5.41, 5.74) is 1.54. The van der Waals surface area contributed by atoms with E-state index in [0.29, 0.717) is 11.4 Å². The molecule has 1 amide bonds. The predicted octanol–water partition coefficient (Wildman–Crippen LogP) is 3.97. The highest BCUT2D eigenvalue weighted by Crippen LogP contribution is 2.23.